The van der Waals surface area contributed by atoms with Crippen LogP contribution in [0.1, 0.15) is 61.9 Å². The van der Waals surface area contributed by atoms with Gasteiger partial charge in [0.15, 0.2) is 5.78 Å². The number of piperidine rings is 1. The number of hydrogen-bond acceptors (Lipinski definition) is 4. The van der Waals surface area contributed by atoms with E-state index < -0.39 is 16.1 Å². The monoisotopic (exact) mass is 428 g/mol. The molecule has 1 atom stereocenters. The van der Waals surface area contributed by atoms with E-state index in [1.54, 1.807) is 0 Å². The van der Waals surface area contributed by atoms with Crippen LogP contribution in [0.4, 0.5) is 5.69 Å². The molecule has 6 nitrogen and oxygen atoms in total. The van der Waals surface area contributed by atoms with Gasteiger partial charge in [0.05, 0.1) is 4.90 Å². The third-order valence-corrected chi connectivity index (χ3v) is 7.37. The minimum Gasteiger partial charge on any atom is -0.325 e. The van der Waals surface area contributed by atoms with Crippen LogP contribution in [0.3, 0.4) is 0 Å². The highest BCUT2D eigenvalue weighted by Gasteiger charge is 2.37. The van der Waals surface area contributed by atoms with Crippen LogP contribution in [0.25, 0.3) is 0 Å². The van der Waals surface area contributed by atoms with Crippen LogP contribution in [0.5, 0.6) is 0 Å². The van der Waals surface area contributed by atoms with Crippen molar-refractivity contribution in [3.8, 4) is 0 Å². The number of benzene rings is 2. The lowest BCUT2D eigenvalue weighted by Crippen LogP contribution is -2.49. The van der Waals surface area contributed by atoms with Gasteiger partial charge < -0.3 is 5.32 Å². The van der Waals surface area contributed by atoms with Gasteiger partial charge in [-0.3, -0.25) is 9.59 Å². The molecule has 7 heteroatoms. The maximum atomic E-state index is 13.2. The molecule has 160 valence electrons. The number of rotatable bonds is 6. The Kier molecular flexibility index (Phi) is 6.73. The van der Waals surface area contributed by atoms with Crippen molar-refractivity contribution < 1.29 is 18.0 Å². The predicted octanol–water partition coefficient (Wildman–Crippen LogP) is 4.19. The molecule has 1 fully saturated rings. The van der Waals surface area contributed by atoms with Gasteiger partial charge in [-0.15, -0.1) is 0 Å². The third kappa shape index (κ3) is 4.79. The summed E-state index contributed by atoms with van der Waals surface area (Å²) in [5.74, 6) is -0.122. The molecule has 1 amide bonds. The highest BCUT2D eigenvalue weighted by atomic mass is 32.2. The zero-order valence-corrected chi connectivity index (χ0v) is 18.4. The first kappa shape index (κ1) is 22.2. The van der Waals surface area contributed by atoms with E-state index in [1.165, 1.54) is 35.5 Å². The molecule has 3 rings (SSSR count). The normalized spacial score (nSPS) is 17.7. The fourth-order valence-electron chi connectivity index (χ4n) is 3.65. The number of nitrogens with zero attached hydrogens (tertiary/aromatic N) is 1. The number of nitrogens with one attached hydrogen (secondary N) is 1. The molecule has 0 saturated carbocycles. The van der Waals surface area contributed by atoms with Crippen molar-refractivity contribution in [1.29, 1.82) is 0 Å². The van der Waals surface area contributed by atoms with Crippen LogP contribution in [-0.2, 0) is 14.8 Å². The van der Waals surface area contributed by atoms with Crippen molar-refractivity contribution in [2.24, 2.45) is 0 Å². The smallest absolute Gasteiger partial charge is 0.243 e. The number of sulfonamides is 1. The number of carbonyl (C=O) groups is 2. The maximum absolute atomic E-state index is 13.2. The Morgan fingerprint density at radius 1 is 1.07 bits per heavy atom. The Bertz CT molecular complexity index is 1030. The van der Waals surface area contributed by atoms with E-state index in [4.69, 9.17) is 0 Å². The first-order valence-corrected chi connectivity index (χ1v) is 11.7. The lowest BCUT2D eigenvalue weighted by Gasteiger charge is -2.33. The first-order chi connectivity index (χ1) is 14.2. The van der Waals surface area contributed by atoms with Crippen LogP contribution < -0.4 is 5.32 Å². The summed E-state index contributed by atoms with van der Waals surface area (Å²) >= 11 is 0. The van der Waals surface area contributed by atoms with Gasteiger partial charge in [-0.1, -0.05) is 44.5 Å². The molecule has 0 spiro atoms. The molecule has 1 unspecified atom stereocenters. The Hall–Kier alpha value is -2.51. The van der Waals surface area contributed by atoms with Crippen molar-refractivity contribution in [3.63, 3.8) is 0 Å². The third-order valence-electron chi connectivity index (χ3n) is 5.44. The fraction of sp³-hybridized carbons (Fsp3) is 0.391. The molecule has 1 aliphatic heterocycles. The van der Waals surface area contributed by atoms with Crippen LogP contribution in [0.15, 0.2) is 53.4 Å². The summed E-state index contributed by atoms with van der Waals surface area (Å²) in [5.41, 5.74) is 2.22. The van der Waals surface area contributed by atoms with E-state index in [9.17, 15) is 18.0 Å². The lowest BCUT2D eigenvalue weighted by atomic mass is 10.0. The Labute approximate surface area is 178 Å². The van der Waals surface area contributed by atoms with E-state index in [-0.39, 0.29) is 16.6 Å². The fourth-order valence-corrected chi connectivity index (χ4v) is 5.31. The molecule has 1 N–H and O–H groups in total. The molecule has 2 aromatic rings. The Morgan fingerprint density at radius 2 is 1.77 bits per heavy atom. The van der Waals surface area contributed by atoms with Gasteiger partial charge in [-0.25, -0.2) is 8.42 Å². The minimum absolute atomic E-state index is 0.0917. The van der Waals surface area contributed by atoms with Gasteiger partial charge >= 0.3 is 0 Å². The first-order valence-electron chi connectivity index (χ1n) is 10.2. The van der Waals surface area contributed by atoms with Crippen molar-refractivity contribution in [1.82, 2.24) is 4.31 Å². The second-order valence-corrected chi connectivity index (χ2v) is 9.87. The molecule has 30 heavy (non-hydrogen) atoms. The zero-order valence-electron chi connectivity index (χ0n) is 17.6. The predicted molar refractivity (Wildman–Crippen MR) is 117 cm³/mol. The van der Waals surface area contributed by atoms with E-state index in [0.717, 1.165) is 12.0 Å². The molecular formula is C23H28N2O4S. The van der Waals surface area contributed by atoms with Gasteiger partial charge in [0.2, 0.25) is 15.9 Å². The van der Waals surface area contributed by atoms with Gasteiger partial charge in [-0.2, -0.15) is 4.31 Å². The molecule has 1 saturated heterocycles. The van der Waals surface area contributed by atoms with Gasteiger partial charge in [0, 0.05) is 17.8 Å². The van der Waals surface area contributed by atoms with Crippen LogP contribution >= 0.6 is 0 Å². The standard InChI is InChI=1S/C23H28N2O4S/c1-16(2)19-7-6-8-20(15-19)24-23(27)22-9-4-5-14-25(22)30(28,29)21-12-10-18(11-13-21)17(3)26/h6-8,10-13,15-16,22H,4-5,9,14H2,1-3H3,(H,24,27). The SMILES string of the molecule is CC(=O)c1ccc(S(=O)(=O)N2CCCCC2C(=O)Nc2cccc(C(C)C)c2)cc1. The second kappa shape index (κ2) is 9.10. The van der Waals surface area contributed by atoms with Crippen molar-refractivity contribution >= 4 is 27.4 Å². The summed E-state index contributed by atoms with van der Waals surface area (Å²) in [4.78, 5) is 24.6. The largest absolute Gasteiger partial charge is 0.325 e. The number of ketones is 1. The van der Waals surface area contributed by atoms with E-state index in [0.29, 0.717) is 36.6 Å². The molecule has 0 bridgehead atoms. The summed E-state index contributed by atoms with van der Waals surface area (Å²) in [5, 5.41) is 2.89. The molecule has 0 aromatic heterocycles. The Morgan fingerprint density at radius 3 is 2.40 bits per heavy atom. The van der Waals surface area contributed by atoms with E-state index in [1.807, 2.05) is 24.3 Å². The summed E-state index contributed by atoms with van der Waals surface area (Å²) in [6.45, 7) is 5.88. The molecule has 1 heterocycles. The number of amides is 1. The van der Waals surface area contributed by atoms with Crippen LogP contribution in [0, 0.1) is 0 Å². The van der Waals surface area contributed by atoms with E-state index >= 15 is 0 Å². The van der Waals surface area contributed by atoms with Gasteiger partial charge in [-0.05, 0) is 55.5 Å². The average Bonchev–Trinajstić information content (AvgIpc) is 2.74. The number of carbonyl (C=O) groups excluding carboxylic acids is 2. The lowest BCUT2D eigenvalue weighted by molar-refractivity contribution is -0.120. The van der Waals surface area contributed by atoms with E-state index in [2.05, 4.69) is 19.2 Å². The topological polar surface area (TPSA) is 83.6 Å². The minimum atomic E-state index is -3.85. The van der Waals surface area contributed by atoms with Gasteiger partial charge in [0.1, 0.15) is 6.04 Å². The van der Waals surface area contributed by atoms with Crippen molar-refractivity contribution in [2.45, 2.75) is 56.9 Å². The molecule has 0 aliphatic carbocycles. The summed E-state index contributed by atoms with van der Waals surface area (Å²) in [6.07, 6.45) is 1.97. The Balaban J connectivity index is 1.84. The number of anilines is 1. The second-order valence-electron chi connectivity index (χ2n) is 7.98. The number of Topliss-reactive ketones (excluding diaryl/α,β-unsaturated/α-hetero) is 1. The average molecular weight is 429 g/mol. The van der Waals surface area contributed by atoms with Crippen LogP contribution in [0.2, 0.25) is 0 Å². The zero-order chi connectivity index (χ0) is 21.9. The quantitative estimate of drug-likeness (QED) is 0.699. The van der Waals surface area contributed by atoms with Crippen LogP contribution in [-0.4, -0.2) is 37.0 Å². The molecule has 1 aliphatic rings. The van der Waals surface area contributed by atoms with Crippen molar-refractivity contribution in [2.75, 3.05) is 11.9 Å². The van der Waals surface area contributed by atoms with Crippen molar-refractivity contribution in [3.05, 3.63) is 59.7 Å². The summed E-state index contributed by atoms with van der Waals surface area (Å²) in [7, 11) is -3.85. The summed E-state index contributed by atoms with van der Waals surface area (Å²) < 4.78 is 27.8. The van der Waals surface area contributed by atoms with Gasteiger partial charge in [0.25, 0.3) is 0 Å². The number of hydrogen-bond donors (Lipinski definition) is 1. The highest BCUT2D eigenvalue weighted by Crippen LogP contribution is 2.27. The molecule has 2 aromatic carbocycles. The molecule has 0 radical (unpaired) electrons. The summed E-state index contributed by atoms with van der Waals surface area (Å²) in [6, 6.07) is 12.7. The molecular weight excluding hydrogens is 400 g/mol. The highest BCUT2D eigenvalue weighted by molar-refractivity contribution is 7.89. The maximum Gasteiger partial charge on any atom is 0.243 e.